The van der Waals surface area contributed by atoms with Gasteiger partial charge in [-0.3, -0.25) is 9.89 Å². The van der Waals surface area contributed by atoms with Crippen molar-refractivity contribution in [3.05, 3.63) is 29.8 Å². The largest absolute Gasteiger partial charge is 0.497 e. The molecule has 7 heteroatoms. The fourth-order valence-corrected chi connectivity index (χ4v) is 4.31. The Bertz CT molecular complexity index is 620. The number of likely N-dealkylation sites (tertiary alicyclic amines) is 1. The monoisotopic (exact) mass is 516 g/mol. The molecule has 1 saturated carbocycles. The highest BCUT2D eigenvalue weighted by atomic mass is 127. The average molecular weight is 516 g/mol. The van der Waals surface area contributed by atoms with Crippen LogP contribution in [0.3, 0.4) is 0 Å². The van der Waals surface area contributed by atoms with Crippen LogP contribution in [-0.2, 0) is 0 Å². The maximum Gasteiger partial charge on any atom is 0.191 e. The molecule has 2 aliphatic rings. The van der Waals surface area contributed by atoms with Gasteiger partial charge in [-0.2, -0.15) is 0 Å². The van der Waals surface area contributed by atoms with Crippen LogP contribution in [0.15, 0.2) is 29.3 Å². The summed E-state index contributed by atoms with van der Waals surface area (Å²) in [6, 6.07) is 8.67. The van der Waals surface area contributed by atoms with Crippen LogP contribution in [0.4, 0.5) is 0 Å². The molecular weight excluding hydrogens is 479 g/mol. The molecule has 3 unspecified atom stereocenters. The summed E-state index contributed by atoms with van der Waals surface area (Å²) in [5, 5.41) is 16.9. The molecule has 1 aliphatic heterocycles. The van der Waals surface area contributed by atoms with Crippen LogP contribution in [0.5, 0.6) is 5.75 Å². The maximum atomic E-state index is 10.1. The van der Waals surface area contributed by atoms with Crippen LogP contribution in [0, 0.1) is 5.92 Å². The zero-order valence-electron chi connectivity index (χ0n) is 17.8. The number of ether oxygens (including phenoxy) is 1. The predicted octanol–water partition coefficient (Wildman–Crippen LogP) is 3.17. The Labute approximate surface area is 192 Å². The third kappa shape index (κ3) is 7.00. The second-order valence-electron chi connectivity index (χ2n) is 7.89. The summed E-state index contributed by atoms with van der Waals surface area (Å²) in [5.74, 6) is 2.07. The molecule has 3 N–H and O–H groups in total. The lowest BCUT2D eigenvalue weighted by atomic mass is 10.1. The fraction of sp³-hybridized carbons (Fsp3) is 0.682. The minimum Gasteiger partial charge on any atom is -0.497 e. The number of nitrogens with one attached hydrogen (secondary N) is 2. The van der Waals surface area contributed by atoms with E-state index in [-0.39, 0.29) is 36.1 Å². The van der Waals surface area contributed by atoms with E-state index in [1.165, 1.54) is 18.4 Å². The molecule has 1 saturated heterocycles. The molecule has 0 bridgehead atoms. The number of benzene rings is 1. The van der Waals surface area contributed by atoms with Crippen LogP contribution in [0.25, 0.3) is 0 Å². The third-order valence-corrected chi connectivity index (χ3v) is 6.00. The smallest absolute Gasteiger partial charge is 0.191 e. The standard InChI is InChI=1S/C22H36N4O2.HI/c1-3-23-22(24-15-18-7-6-8-21(18)27)25-16-20(26-13-4-5-14-26)17-9-11-19(28-2)12-10-17;/h9-12,18,20-21,27H,3-8,13-16H2,1-2H3,(H2,23,24,25);1H. The molecule has 0 radical (unpaired) electrons. The number of rotatable bonds is 8. The lowest BCUT2D eigenvalue weighted by Crippen LogP contribution is -2.41. The molecule has 29 heavy (non-hydrogen) atoms. The van der Waals surface area contributed by atoms with Crippen LogP contribution in [0.2, 0.25) is 0 Å². The van der Waals surface area contributed by atoms with Crippen molar-refractivity contribution in [3.8, 4) is 5.75 Å². The van der Waals surface area contributed by atoms with Crippen LogP contribution in [-0.4, -0.2) is 61.9 Å². The van der Waals surface area contributed by atoms with Crippen LogP contribution in [0.1, 0.15) is 50.6 Å². The second-order valence-corrected chi connectivity index (χ2v) is 7.89. The Balaban J connectivity index is 0.00000300. The first-order valence-corrected chi connectivity index (χ1v) is 10.8. The first kappa shape index (κ1) is 24.2. The molecule has 0 amide bonds. The van der Waals surface area contributed by atoms with Gasteiger partial charge < -0.3 is 20.5 Å². The van der Waals surface area contributed by atoms with E-state index in [0.29, 0.717) is 5.92 Å². The molecule has 1 aliphatic carbocycles. The van der Waals surface area contributed by atoms with Gasteiger partial charge in [0.2, 0.25) is 0 Å². The van der Waals surface area contributed by atoms with Crippen molar-refractivity contribution in [2.75, 3.05) is 39.8 Å². The van der Waals surface area contributed by atoms with E-state index in [4.69, 9.17) is 9.73 Å². The number of hydrogen-bond acceptors (Lipinski definition) is 4. The zero-order valence-corrected chi connectivity index (χ0v) is 20.1. The van der Waals surface area contributed by atoms with Crippen molar-refractivity contribution >= 4 is 29.9 Å². The average Bonchev–Trinajstić information content (AvgIpc) is 3.39. The van der Waals surface area contributed by atoms with Gasteiger partial charge in [-0.25, -0.2) is 0 Å². The molecule has 2 fully saturated rings. The van der Waals surface area contributed by atoms with Crippen molar-refractivity contribution in [1.82, 2.24) is 15.5 Å². The number of methoxy groups -OCH3 is 1. The first-order valence-electron chi connectivity index (χ1n) is 10.8. The van der Waals surface area contributed by atoms with Gasteiger partial charge in [-0.15, -0.1) is 24.0 Å². The summed E-state index contributed by atoms with van der Waals surface area (Å²) in [7, 11) is 1.70. The first-order chi connectivity index (χ1) is 13.7. The van der Waals surface area contributed by atoms with E-state index in [1.54, 1.807) is 7.11 Å². The lowest BCUT2D eigenvalue weighted by molar-refractivity contribution is 0.134. The van der Waals surface area contributed by atoms with E-state index < -0.39 is 0 Å². The normalized spacial score (nSPS) is 23.5. The van der Waals surface area contributed by atoms with Crippen LogP contribution < -0.4 is 15.4 Å². The van der Waals surface area contributed by atoms with E-state index >= 15 is 0 Å². The van der Waals surface area contributed by atoms with Crippen LogP contribution >= 0.6 is 24.0 Å². The van der Waals surface area contributed by atoms with Gasteiger partial charge in [0.25, 0.3) is 0 Å². The Morgan fingerprint density at radius 1 is 1.17 bits per heavy atom. The number of halogens is 1. The van der Waals surface area contributed by atoms with Gasteiger partial charge in [0.1, 0.15) is 5.75 Å². The molecule has 3 atom stereocenters. The molecular formula is C22H37IN4O2. The van der Waals surface area contributed by atoms with Gasteiger partial charge in [-0.1, -0.05) is 18.6 Å². The summed E-state index contributed by atoms with van der Waals surface area (Å²) in [5.41, 5.74) is 1.29. The Morgan fingerprint density at radius 3 is 2.48 bits per heavy atom. The number of hydrogen-bond donors (Lipinski definition) is 3. The lowest BCUT2D eigenvalue weighted by Gasteiger charge is -2.27. The molecule has 6 nitrogen and oxygen atoms in total. The molecule has 0 aromatic heterocycles. The Morgan fingerprint density at radius 2 is 1.90 bits per heavy atom. The minimum absolute atomic E-state index is 0. The molecule has 1 heterocycles. The van der Waals surface area contributed by atoms with Gasteiger partial charge in [0, 0.05) is 19.0 Å². The summed E-state index contributed by atoms with van der Waals surface area (Å²) in [6.07, 6.45) is 5.48. The van der Waals surface area contributed by atoms with Gasteiger partial charge in [-0.05, 0) is 63.4 Å². The minimum atomic E-state index is -0.174. The zero-order chi connectivity index (χ0) is 19.8. The summed E-state index contributed by atoms with van der Waals surface area (Å²) < 4.78 is 5.31. The quantitative estimate of drug-likeness (QED) is 0.282. The van der Waals surface area contributed by atoms with Crippen molar-refractivity contribution in [2.24, 2.45) is 10.9 Å². The highest BCUT2D eigenvalue weighted by Crippen LogP contribution is 2.27. The van der Waals surface area contributed by atoms with Crippen molar-refractivity contribution in [1.29, 1.82) is 0 Å². The molecule has 1 aromatic carbocycles. The number of aliphatic hydroxyl groups is 1. The molecule has 1 aromatic rings. The Kier molecular flexibility index (Phi) is 10.5. The highest BCUT2D eigenvalue weighted by Gasteiger charge is 2.26. The van der Waals surface area contributed by atoms with E-state index in [9.17, 15) is 5.11 Å². The SMILES string of the molecule is CCNC(=NCC(c1ccc(OC)cc1)N1CCCC1)NCC1CCCC1O.I. The van der Waals surface area contributed by atoms with E-state index in [2.05, 4.69) is 34.6 Å². The fourth-order valence-electron chi connectivity index (χ4n) is 4.31. The van der Waals surface area contributed by atoms with Gasteiger partial charge in [0.05, 0.1) is 25.8 Å². The number of nitrogens with zero attached hydrogens (tertiary/aromatic N) is 2. The summed E-state index contributed by atoms with van der Waals surface area (Å²) >= 11 is 0. The maximum absolute atomic E-state index is 10.1. The third-order valence-electron chi connectivity index (χ3n) is 6.00. The van der Waals surface area contributed by atoms with Crippen molar-refractivity contribution in [3.63, 3.8) is 0 Å². The molecule has 3 rings (SSSR count). The van der Waals surface area contributed by atoms with Crippen molar-refractivity contribution < 1.29 is 9.84 Å². The molecule has 164 valence electrons. The topological polar surface area (TPSA) is 69.1 Å². The molecule has 0 spiro atoms. The van der Waals surface area contributed by atoms with E-state index in [1.807, 2.05) is 12.1 Å². The van der Waals surface area contributed by atoms with E-state index in [0.717, 1.165) is 63.7 Å². The highest BCUT2D eigenvalue weighted by molar-refractivity contribution is 14.0. The second kappa shape index (κ2) is 12.6. The summed E-state index contributed by atoms with van der Waals surface area (Å²) in [6.45, 7) is 6.67. The predicted molar refractivity (Wildman–Crippen MR) is 129 cm³/mol. The van der Waals surface area contributed by atoms with Gasteiger partial charge in [0.15, 0.2) is 5.96 Å². The number of guanidine groups is 1. The van der Waals surface area contributed by atoms with Gasteiger partial charge >= 0.3 is 0 Å². The number of aliphatic imine (C=N–C) groups is 1. The Hall–Kier alpha value is -1.06. The summed E-state index contributed by atoms with van der Waals surface area (Å²) in [4.78, 5) is 7.44. The number of aliphatic hydroxyl groups excluding tert-OH is 1. The van der Waals surface area contributed by atoms with Crippen molar-refractivity contribution in [2.45, 2.75) is 51.2 Å².